The van der Waals surface area contributed by atoms with E-state index in [1.165, 1.54) is 0 Å². The summed E-state index contributed by atoms with van der Waals surface area (Å²) < 4.78 is 0. The van der Waals surface area contributed by atoms with Gasteiger partial charge in [0.15, 0.2) is 5.71 Å². The zero-order valence-electron chi connectivity index (χ0n) is 10.5. The van der Waals surface area contributed by atoms with Crippen LogP contribution in [0.25, 0.3) is 0 Å². The quantitative estimate of drug-likeness (QED) is 0.807. The molecule has 2 aliphatic rings. The van der Waals surface area contributed by atoms with E-state index in [-0.39, 0.29) is 18.0 Å². The monoisotopic (exact) mass is 254 g/mol. The molecule has 0 spiro atoms. The van der Waals surface area contributed by atoms with Crippen LogP contribution in [0.1, 0.15) is 32.6 Å². The van der Waals surface area contributed by atoms with Crippen LogP contribution in [-0.4, -0.2) is 46.8 Å². The molecule has 2 rings (SSSR count). The molecular formula is C12H18N2O4. The molecule has 0 aromatic carbocycles. The van der Waals surface area contributed by atoms with Crippen molar-refractivity contribution in [1.82, 2.24) is 4.90 Å². The molecule has 6 heteroatoms. The van der Waals surface area contributed by atoms with Gasteiger partial charge in [0.2, 0.25) is 6.10 Å². The van der Waals surface area contributed by atoms with Crippen LogP contribution < -0.4 is 0 Å². The summed E-state index contributed by atoms with van der Waals surface area (Å²) in [6.45, 7) is 3.64. The molecule has 0 saturated carbocycles. The van der Waals surface area contributed by atoms with Crippen LogP contribution in [-0.2, 0) is 14.4 Å². The van der Waals surface area contributed by atoms with Crippen molar-refractivity contribution < 1.29 is 19.5 Å². The minimum Gasteiger partial charge on any atom is -0.477 e. The molecular weight excluding hydrogens is 236 g/mol. The zero-order valence-corrected chi connectivity index (χ0v) is 10.5. The first kappa shape index (κ1) is 12.9. The number of oxime groups is 1. The van der Waals surface area contributed by atoms with Gasteiger partial charge in [0.25, 0.3) is 5.91 Å². The van der Waals surface area contributed by atoms with Crippen LogP contribution in [0.2, 0.25) is 0 Å². The molecule has 1 amide bonds. The number of hydrogen-bond donors (Lipinski definition) is 1. The number of hydrogen-bond acceptors (Lipinski definition) is 4. The van der Waals surface area contributed by atoms with Gasteiger partial charge in [-0.25, -0.2) is 4.79 Å². The number of rotatable bonds is 4. The number of likely N-dealkylation sites (tertiary alicyclic amines) is 1. The Bertz CT molecular complexity index is 380. The number of carboxylic acid groups (broad SMARTS) is 1. The van der Waals surface area contributed by atoms with Gasteiger partial charge in [-0.3, -0.25) is 4.79 Å². The third kappa shape index (κ3) is 2.63. The molecule has 1 saturated heterocycles. The molecule has 2 unspecified atom stereocenters. The van der Waals surface area contributed by atoms with Crippen LogP contribution in [0.5, 0.6) is 0 Å². The molecule has 100 valence electrons. The van der Waals surface area contributed by atoms with Gasteiger partial charge >= 0.3 is 5.97 Å². The third-order valence-corrected chi connectivity index (χ3v) is 3.49. The largest absolute Gasteiger partial charge is 0.477 e. The molecule has 18 heavy (non-hydrogen) atoms. The minimum atomic E-state index is -1.12. The fourth-order valence-corrected chi connectivity index (χ4v) is 2.52. The van der Waals surface area contributed by atoms with Gasteiger partial charge in [-0.15, -0.1) is 0 Å². The lowest BCUT2D eigenvalue weighted by molar-refractivity contribution is -0.141. The van der Waals surface area contributed by atoms with Crippen molar-refractivity contribution >= 4 is 17.6 Å². The second kappa shape index (κ2) is 5.37. The second-order valence-electron chi connectivity index (χ2n) is 4.87. The van der Waals surface area contributed by atoms with E-state index in [0.29, 0.717) is 5.92 Å². The first-order valence-electron chi connectivity index (χ1n) is 6.36. The molecule has 2 aliphatic heterocycles. The van der Waals surface area contributed by atoms with Crippen molar-refractivity contribution in [2.24, 2.45) is 11.1 Å². The van der Waals surface area contributed by atoms with Crippen molar-refractivity contribution in [3.63, 3.8) is 0 Å². The van der Waals surface area contributed by atoms with Crippen LogP contribution >= 0.6 is 0 Å². The molecule has 0 aliphatic carbocycles. The maximum Gasteiger partial charge on any atom is 0.353 e. The summed E-state index contributed by atoms with van der Waals surface area (Å²) in [6, 6.07) is 0. The number of carbonyl (C=O) groups is 2. The Morgan fingerprint density at radius 3 is 2.94 bits per heavy atom. The van der Waals surface area contributed by atoms with Crippen molar-refractivity contribution in [2.75, 3.05) is 13.1 Å². The molecule has 0 radical (unpaired) electrons. The Kier molecular flexibility index (Phi) is 3.84. The molecule has 6 nitrogen and oxygen atoms in total. The normalized spacial score (nSPS) is 26.9. The molecule has 0 bridgehead atoms. The lowest BCUT2D eigenvalue weighted by Crippen LogP contribution is -2.38. The van der Waals surface area contributed by atoms with Crippen molar-refractivity contribution in [3.05, 3.63) is 0 Å². The maximum absolute atomic E-state index is 12.1. The molecule has 0 aromatic rings. The van der Waals surface area contributed by atoms with Crippen LogP contribution in [0.15, 0.2) is 5.16 Å². The molecule has 0 aromatic heterocycles. The summed E-state index contributed by atoms with van der Waals surface area (Å²) in [7, 11) is 0. The van der Waals surface area contributed by atoms with Gasteiger partial charge in [0.1, 0.15) is 0 Å². The number of amides is 1. The van der Waals surface area contributed by atoms with E-state index in [1.807, 2.05) is 0 Å². The van der Waals surface area contributed by atoms with Gasteiger partial charge < -0.3 is 14.8 Å². The highest BCUT2D eigenvalue weighted by Gasteiger charge is 2.36. The van der Waals surface area contributed by atoms with Crippen molar-refractivity contribution in [1.29, 1.82) is 0 Å². The van der Waals surface area contributed by atoms with Gasteiger partial charge in [0.05, 0.1) is 0 Å². The summed E-state index contributed by atoms with van der Waals surface area (Å²) in [5.74, 6) is -0.676. The zero-order chi connectivity index (χ0) is 13.1. The summed E-state index contributed by atoms with van der Waals surface area (Å²) in [6.07, 6.45) is 2.61. The van der Waals surface area contributed by atoms with Crippen LogP contribution in [0, 0.1) is 5.92 Å². The van der Waals surface area contributed by atoms with Gasteiger partial charge in [-0.2, -0.15) is 0 Å². The van der Waals surface area contributed by atoms with E-state index >= 15 is 0 Å². The van der Waals surface area contributed by atoms with Crippen molar-refractivity contribution in [3.8, 4) is 0 Å². The van der Waals surface area contributed by atoms with E-state index in [1.54, 1.807) is 4.90 Å². The summed E-state index contributed by atoms with van der Waals surface area (Å²) in [5, 5.41) is 12.2. The molecule has 2 heterocycles. The second-order valence-corrected chi connectivity index (χ2v) is 4.87. The fourth-order valence-electron chi connectivity index (χ4n) is 2.52. The standard InChI is InChI=1S/C12H18N2O4/c1-2-3-8-4-5-14(7-8)11(15)10-6-9(12(16)17)13-18-10/h8,10H,2-7H2,1H3,(H,16,17). The van der Waals surface area contributed by atoms with E-state index in [2.05, 4.69) is 12.1 Å². The Balaban J connectivity index is 1.85. The van der Waals surface area contributed by atoms with Gasteiger partial charge in [0, 0.05) is 19.5 Å². The average Bonchev–Trinajstić information content (AvgIpc) is 2.97. The van der Waals surface area contributed by atoms with Gasteiger partial charge in [-0.05, 0) is 18.8 Å². The first-order chi connectivity index (χ1) is 8.61. The summed E-state index contributed by atoms with van der Waals surface area (Å²) in [5.41, 5.74) is -0.0716. The third-order valence-electron chi connectivity index (χ3n) is 3.49. The fraction of sp³-hybridized carbons (Fsp3) is 0.750. The number of aliphatic carboxylic acids is 1. The topological polar surface area (TPSA) is 79.2 Å². The van der Waals surface area contributed by atoms with Crippen LogP contribution in [0.3, 0.4) is 0 Å². The van der Waals surface area contributed by atoms with Crippen molar-refractivity contribution in [2.45, 2.75) is 38.7 Å². The smallest absolute Gasteiger partial charge is 0.353 e. The Hall–Kier alpha value is -1.59. The predicted octanol–water partition coefficient (Wildman–Crippen LogP) is 0.865. The number of carboxylic acids is 1. The molecule has 1 fully saturated rings. The first-order valence-corrected chi connectivity index (χ1v) is 6.36. The average molecular weight is 254 g/mol. The lowest BCUT2D eigenvalue weighted by Gasteiger charge is -2.19. The molecule has 1 N–H and O–H groups in total. The lowest BCUT2D eigenvalue weighted by atomic mass is 10.0. The van der Waals surface area contributed by atoms with E-state index in [9.17, 15) is 9.59 Å². The van der Waals surface area contributed by atoms with Crippen LogP contribution in [0.4, 0.5) is 0 Å². The predicted molar refractivity (Wildman–Crippen MR) is 64.2 cm³/mol. The molecule has 2 atom stereocenters. The number of nitrogens with zero attached hydrogens (tertiary/aromatic N) is 2. The van der Waals surface area contributed by atoms with E-state index in [4.69, 9.17) is 9.94 Å². The summed E-state index contributed by atoms with van der Waals surface area (Å²) in [4.78, 5) is 29.5. The van der Waals surface area contributed by atoms with E-state index in [0.717, 1.165) is 32.4 Å². The summed E-state index contributed by atoms with van der Waals surface area (Å²) >= 11 is 0. The van der Waals surface area contributed by atoms with Gasteiger partial charge in [-0.1, -0.05) is 18.5 Å². The van der Waals surface area contributed by atoms with E-state index < -0.39 is 12.1 Å². The number of carbonyl (C=O) groups excluding carboxylic acids is 1. The minimum absolute atomic E-state index is 0.0716. The highest BCUT2D eigenvalue weighted by Crippen LogP contribution is 2.23. The SMILES string of the molecule is CCCC1CCN(C(=O)C2CC(C(=O)O)=NO2)C1. The highest BCUT2D eigenvalue weighted by molar-refractivity contribution is 6.36. The maximum atomic E-state index is 12.1. The highest BCUT2D eigenvalue weighted by atomic mass is 16.6. The Morgan fingerprint density at radius 2 is 2.33 bits per heavy atom. The Labute approximate surface area is 106 Å². The Morgan fingerprint density at radius 1 is 1.56 bits per heavy atom.